The molecule has 0 aromatic heterocycles. The van der Waals surface area contributed by atoms with E-state index >= 15 is 0 Å². The topological polar surface area (TPSA) is 67.4 Å². The zero-order chi connectivity index (χ0) is 17.1. The Morgan fingerprint density at radius 1 is 0.905 bits per heavy atom. The Morgan fingerprint density at radius 2 is 1.38 bits per heavy atom. The van der Waals surface area contributed by atoms with Crippen LogP contribution in [-0.4, -0.2) is 42.7 Å². The van der Waals surface area contributed by atoms with Gasteiger partial charge in [0.15, 0.2) is 0 Å². The van der Waals surface area contributed by atoms with Crippen LogP contribution in [0.2, 0.25) is 58.9 Å². The molecular weight excluding hydrogens is 316 g/mol. The third kappa shape index (κ3) is 11.8. The third-order valence-electron chi connectivity index (χ3n) is 2.20. The van der Waals surface area contributed by atoms with Crippen molar-refractivity contribution < 1.29 is 14.0 Å². The van der Waals surface area contributed by atoms with Crippen molar-refractivity contribution in [2.75, 3.05) is 0 Å². The molecule has 0 unspecified atom stereocenters. The second kappa shape index (κ2) is 7.21. The maximum Gasteiger partial charge on any atom is 0.309 e. The summed E-state index contributed by atoms with van der Waals surface area (Å²) in [6.45, 7) is 18.4. The van der Waals surface area contributed by atoms with Crippen LogP contribution in [0.4, 0.5) is 0 Å². The fraction of sp³-hybridized carbons (Fsp3) is 0.846. The van der Waals surface area contributed by atoms with Crippen LogP contribution in [-0.2, 0) is 14.0 Å². The Balaban J connectivity index is 4.91. The van der Waals surface area contributed by atoms with E-state index in [-0.39, 0.29) is 18.3 Å². The average molecular weight is 349 g/mol. The first-order chi connectivity index (χ1) is 9.09. The van der Waals surface area contributed by atoms with Crippen LogP contribution >= 0.6 is 0 Å². The Hall–Kier alpha value is -0.449. The third-order valence-corrected chi connectivity index (χ3v) is 5.26. The molecule has 0 aromatic rings. The maximum atomic E-state index is 12.3. The predicted octanol–water partition coefficient (Wildman–Crippen LogP) is 2.50. The summed E-state index contributed by atoms with van der Waals surface area (Å²) in [5.74, 6) is -0.361. The van der Waals surface area contributed by atoms with Gasteiger partial charge in [-0.25, -0.2) is 0 Å². The molecule has 5 nitrogen and oxygen atoms in total. The molecule has 0 spiro atoms. The van der Waals surface area contributed by atoms with Crippen molar-refractivity contribution in [1.29, 1.82) is 0 Å². The van der Waals surface area contributed by atoms with Gasteiger partial charge in [-0.05, 0) is 19.6 Å². The van der Waals surface area contributed by atoms with Crippen LogP contribution in [0.1, 0.15) is 6.42 Å². The van der Waals surface area contributed by atoms with Crippen LogP contribution in [0.15, 0.2) is 0 Å². The van der Waals surface area contributed by atoms with Crippen LogP contribution < -0.4 is 9.96 Å². The zero-order valence-corrected chi connectivity index (χ0v) is 18.0. The molecule has 0 bridgehead atoms. The lowest BCUT2D eigenvalue weighted by atomic mass is 10.2. The van der Waals surface area contributed by atoms with E-state index in [9.17, 15) is 9.59 Å². The molecule has 8 heteroatoms. The minimum atomic E-state index is -1.95. The average Bonchev–Trinajstić information content (AvgIpc) is 2.07. The van der Waals surface area contributed by atoms with Gasteiger partial charge in [0.05, 0.1) is 6.42 Å². The molecule has 0 rings (SSSR count). The number of nitrogens with one attached hydrogen (secondary N) is 2. The highest BCUT2D eigenvalue weighted by Crippen LogP contribution is 2.10. The Bertz CT molecular complexity index is 382. The first-order valence-corrected chi connectivity index (χ1v) is 17.8. The van der Waals surface area contributed by atoms with Gasteiger partial charge < -0.3 is 14.4 Å². The molecule has 21 heavy (non-hydrogen) atoms. The monoisotopic (exact) mass is 348 g/mol. The fourth-order valence-electron chi connectivity index (χ4n) is 1.74. The molecule has 0 saturated heterocycles. The molecule has 0 aliphatic rings. The minimum absolute atomic E-state index is 0.0718. The molecule has 0 saturated carbocycles. The summed E-state index contributed by atoms with van der Waals surface area (Å²) in [6.07, 6.45) is 0.151. The molecule has 124 valence electrons. The highest BCUT2D eigenvalue weighted by atomic mass is 28.4. The summed E-state index contributed by atoms with van der Waals surface area (Å²) in [7, 11) is -5.33. The number of carbonyl (C=O) groups is 2. The molecule has 0 aromatic carbocycles. The van der Waals surface area contributed by atoms with Gasteiger partial charge in [0.2, 0.25) is 14.2 Å². The smallest absolute Gasteiger partial charge is 0.309 e. The maximum absolute atomic E-state index is 12.3. The van der Waals surface area contributed by atoms with Crippen molar-refractivity contribution in [1.82, 2.24) is 9.96 Å². The number of hydrogen-bond acceptors (Lipinski definition) is 4. The molecular formula is C13H32N2O3Si3. The molecule has 1 atom stereocenters. The SMILES string of the molecule is C[Si](C)(C)NC(=O)C[C@@H](N[Si](C)(C)C)C(=O)O[Si](C)(C)C. The van der Waals surface area contributed by atoms with E-state index in [1.807, 2.05) is 19.6 Å². The van der Waals surface area contributed by atoms with Gasteiger partial charge in [-0.15, -0.1) is 0 Å². The summed E-state index contributed by atoms with van der Waals surface area (Å²) in [5, 5.41) is 0. The summed E-state index contributed by atoms with van der Waals surface area (Å²) in [5.41, 5.74) is 0. The van der Waals surface area contributed by atoms with Crippen molar-refractivity contribution in [2.24, 2.45) is 0 Å². The molecule has 2 N–H and O–H groups in total. The Morgan fingerprint density at radius 3 is 1.71 bits per heavy atom. The van der Waals surface area contributed by atoms with Gasteiger partial charge in [-0.3, -0.25) is 9.59 Å². The van der Waals surface area contributed by atoms with Gasteiger partial charge in [0, 0.05) is 0 Å². The van der Waals surface area contributed by atoms with Crippen molar-refractivity contribution in [3.8, 4) is 0 Å². The van der Waals surface area contributed by atoms with E-state index < -0.39 is 30.8 Å². The predicted molar refractivity (Wildman–Crippen MR) is 95.8 cm³/mol. The van der Waals surface area contributed by atoms with Crippen LogP contribution in [0.5, 0.6) is 0 Å². The van der Waals surface area contributed by atoms with Crippen molar-refractivity contribution in [3.05, 3.63) is 0 Å². The van der Waals surface area contributed by atoms with Gasteiger partial charge in [-0.2, -0.15) is 0 Å². The first kappa shape index (κ1) is 20.6. The molecule has 1 amide bonds. The number of hydrogen-bond donors (Lipinski definition) is 2. The molecule has 0 aliphatic heterocycles. The largest absolute Gasteiger partial charge is 0.519 e. The van der Waals surface area contributed by atoms with Crippen LogP contribution in [0, 0.1) is 0 Å². The first-order valence-electron chi connectivity index (χ1n) is 7.41. The summed E-state index contributed by atoms with van der Waals surface area (Å²) in [4.78, 5) is 30.8. The van der Waals surface area contributed by atoms with E-state index in [0.717, 1.165) is 0 Å². The standard InChI is InChI=1S/C13H32N2O3Si3/c1-19(2,3)14-11(13(17)18-21(7,8)9)10-12(16)15-20(4,5)6/h11,14H,10H2,1-9H3,(H,15,16)/t11-/m1/s1. The summed E-state index contributed by atoms with van der Waals surface area (Å²) >= 11 is 0. The minimum Gasteiger partial charge on any atom is -0.519 e. The lowest BCUT2D eigenvalue weighted by Crippen LogP contribution is -2.56. The number of carbonyl (C=O) groups excluding carboxylic acids is 2. The van der Waals surface area contributed by atoms with E-state index in [1.165, 1.54) is 0 Å². The molecule has 0 aliphatic carbocycles. The van der Waals surface area contributed by atoms with Gasteiger partial charge >= 0.3 is 5.97 Å². The summed E-state index contributed by atoms with van der Waals surface area (Å²) < 4.78 is 5.57. The van der Waals surface area contributed by atoms with Crippen LogP contribution in [0.3, 0.4) is 0 Å². The van der Waals surface area contributed by atoms with Gasteiger partial charge in [0.1, 0.15) is 22.5 Å². The lowest BCUT2D eigenvalue weighted by Gasteiger charge is -2.29. The summed E-state index contributed by atoms with van der Waals surface area (Å²) in [6, 6.07) is -0.542. The second-order valence-corrected chi connectivity index (χ2v) is 22.5. The van der Waals surface area contributed by atoms with Crippen molar-refractivity contribution >= 4 is 36.7 Å². The quantitative estimate of drug-likeness (QED) is 0.694. The van der Waals surface area contributed by atoms with Gasteiger partial charge in [0.25, 0.3) is 0 Å². The number of amides is 1. The lowest BCUT2D eigenvalue weighted by molar-refractivity contribution is -0.139. The normalized spacial score (nSPS) is 14.5. The fourth-order valence-corrected chi connectivity index (χ4v) is 4.69. The van der Waals surface area contributed by atoms with E-state index in [0.29, 0.717) is 0 Å². The van der Waals surface area contributed by atoms with E-state index in [1.54, 1.807) is 0 Å². The highest BCUT2D eigenvalue weighted by Gasteiger charge is 2.32. The number of rotatable bonds is 7. The molecule has 0 heterocycles. The Labute approximate surface area is 132 Å². The van der Waals surface area contributed by atoms with Crippen molar-refractivity contribution in [2.45, 2.75) is 71.4 Å². The molecule has 0 fully saturated rings. The van der Waals surface area contributed by atoms with Crippen molar-refractivity contribution in [3.63, 3.8) is 0 Å². The van der Waals surface area contributed by atoms with E-state index in [2.05, 4.69) is 49.2 Å². The highest BCUT2D eigenvalue weighted by molar-refractivity contribution is 6.76. The van der Waals surface area contributed by atoms with Gasteiger partial charge in [-0.1, -0.05) is 39.3 Å². The molecule has 0 radical (unpaired) electrons. The van der Waals surface area contributed by atoms with Crippen LogP contribution in [0.25, 0.3) is 0 Å². The zero-order valence-electron chi connectivity index (χ0n) is 15.0. The second-order valence-electron chi connectivity index (χ2n) is 8.48. The Kier molecular flexibility index (Phi) is 7.05. The van der Waals surface area contributed by atoms with E-state index in [4.69, 9.17) is 4.43 Å².